The number of hydrogen-bond acceptors (Lipinski definition) is 5. The Kier molecular flexibility index (Phi) is 5.51. The Bertz CT molecular complexity index is 1460. The molecule has 0 bridgehead atoms. The smallest absolute Gasteiger partial charge is 0.300 e. The molecule has 34 heavy (non-hydrogen) atoms. The number of halogens is 1. The number of pyridine rings is 1. The van der Waals surface area contributed by atoms with Crippen molar-refractivity contribution in [2.75, 3.05) is 12.0 Å². The summed E-state index contributed by atoms with van der Waals surface area (Å²) in [7, 11) is 1.49. The van der Waals surface area contributed by atoms with E-state index in [0.717, 1.165) is 10.8 Å². The Hall–Kier alpha value is -4.16. The normalized spacial score (nSPS) is 17.4. The summed E-state index contributed by atoms with van der Waals surface area (Å²) in [6.45, 7) is 0. The van der Waals surface area contributed by atoms with Crippen LogP contribution in [0.2, 0.25) is 5.02 Å². The summed E-state index contributed by atoms with van der Waals surface area (Å²) in [5.41, 5.74) is 1.34. The van der Waals surface area contributed by atoms with Crippen LogP contribution in [0.1, 0.15) is 17.2 Å². The zero-order valence-corrected chi connectivity index (χ0v) is 18.9. The third-order valence-electron chi connectivity index (χ3n) is 5.92. The molecule has 4 aromatic rings. The van der Waals surface area contributed by atoms with Crippen LogP contribution in [-0.4, -0.2) is 28.9 Å². The van der Waals surface area contributed by atoms with Crippen LogP contribution in [0.25, 0.3) is 16.5 Å². The molecule has 2 heterocycles. The fourth-order valence-electron chi connectivity index (χ4n) is 4.32. The maximum absolute atomic E-state index is 13.4. The van der Waals surface area contributed by atoms with Crippen molar-refractivity contribution in [2.24, 2.45) is 0 Å². The van der Waals surface area contributed by atoms with Gasteiger partial charge in [0.05, 0.1) is 29.4 Å². The number of nitrogens with zero attached hydrogens (tertiary/aromatic N) is 2. The quantitative estimate of drug-likeness (QED) is 0.241. The number of aliphatic hydroxyl groups is 1. The molecule has 3 aromatic carbocycles. The molecular formula is C27H19ClN2O4. The van der Waals surface area contributed by atoms with Gasteiger partial charge in [0.25, 0.3) is 11.7 Å². The summed E-state index contributed by atoms with van der Waals surface area (Å²) in [5.74, 6) is -1.45. The number of ether oxygens (including phenoxy) is 1. The molecule has 0 spiro atoms. The van der Waals surface area contributed by atoms with Crippen molar-refractivity contribution >= 4 is 45.5 Å². The number of amides is 1. The van der Waals surface area contributed by atoms with E-state index < -0.39 is 17.7 Å². The fourth-order valence-corrected chi connectivity index (χ4v) is 4.53. The minimum absolute atomic E-state index is 0.0562. The van der Waals surface area contributed by atoms with E-state index in [0.29, 0.717) is 17.0 Å². The first-order valence-electron chi connectivity index (χ1n) is 10.5. The van der Waals surface area contributed by atoms with E-state index in [-0.39, 0.29) is 21.9 Å². The number of rotatable bonds is 4. The zero-order valence-electron chi connectivity index (χ0n) is 18.1. The average molecular weight is 471 g/mol. The largest absolute Gasteiger partial charge is 0.507 e. The first-order valence-corrected chi connectivity index (χ1v) is 10.9. The topological polar surface area (TPSA) is 79.7 Å². The minimum atomic E-state index is -0.879. The number of benzene rings is 3. The lowest BCUT2D eigenvalue weighted by molar-refractivity contribution is -0.132. The van der Waals surface area contributed by atoms with Crippen LogP contribution in [0.3, 0.4) is 0 Å². The molecule has 1 fully saturated rings. The lowest BCUT2D eigenvalue weighted by Crippen LogP contribution is -2.29. The van der Waals surface area contributed by atoms with Crippen molar-refractivity contribution in [3.63, 3.8) is 0 Å². The van der Waals surface area contributed by atoms with Gasteiger partial charge < -0.3 is 9.84 Å². The molecule has 0 aliphatic carbocycles. The molecule has 1 saturated heterocycles. The highest BCUT2D eigenvalue weighted by Crippen LogP contribution is 2.44. The van der Waals surface area contributed by atoms with Gasteiger partial charge in [-0.05, 0) is 47.3 Å². The number of carbonyl (C=O) groups excluding carboxylic acids is 2. The summed E-state index contributed by atoms with van der Waals surface area (Å²) in [6, 6.07) is 20.5. The van der Waals surface area contributed by atoms with E-state index in [1.165, 1.54) is 18.1 Å². The molecule has 168 valence electrons. The van der Waals surface area contributed by atoms with Gasteiger partial charge in [-0.2, -0.15) is 0 Å². The number of aromatic nitrogens is 1. The summed E-state index contributed by atoms with van der Waals surface area (Å²) < 4.78 is 5.26. The molecular weight excluding hydrogens is 452 g/mol. The SMILES string of the molecule is COc1ccc(Cl)c(/C(O)=C2\C(=O)C(=O)N(c3cccc4ccccc34)C2c2ccncc2)c1. The molecule has 6 nitrogen and oxygen atoms in total. The number of ketones is 1. The predicted octanol–water partition coefficient (Wildman–Crippen LogP) is 5.52. The number of aliphatic hydroxyl groups excluding tert-OH is 1. The van der Waals surface area contributed by atoms with Crippen LogP contribution in [0.4, 0.5) is 5.69 Å². The molecule has 0 radical (unpaired) electrons. The number of Topliss-reactive ketones (excluding diaryl/α,β-unsaturated/α-hetero) is 1. The third-order valence-corrected chi connectivity index (χ3v) is 6.25. The lowest BCUT2D eigenvalue weighted by atomic mass is 9.95. The standard InChI is InChI=1S/C27H19ClN2O4/c1-34-18-9-10-21(28)20(15-18)25(31)23-24(17-11-13-29-14-12-17)30(27(33)26(23)32)22-8-4-6-16-5-2-3-7-19(16)22/h2-15,24,31H,1H3/b25-23+. The predicted molar refractivity (Wildman–Crippen MR) is 131 cm³/mol. The van der Waals surface area contributed by atoms with E-state index in [2.05, 4.69) is 4.98 Å². The van der Waals surface area contributed by atoms with E-state index in [4.69, 9.17) is 16.3 Å². The van der Waals surface area contributed by atoms with Crippen LogP contribution >= 0.6 is 11.6 Å². The summed E-state index contributed by atoms with van der Waals surface area (Å²) in [4.78, 5) is 32.3. The molecule has 1 aliphatic rings. The van der Waals surface area contributed by atoms with Gasteiger partial charge >= 0.3 is 0 Å². The van der Waals surface area contributed by atoms with Crippen molar-refractivity contribution < 1.29 is 19.4 Å². The van der Waals surface area contributed by atoms with Crippen LogP contribution in [0, 0.1) is 0 Å². The van der Waals surface area contributed by atoms with Gasteiger partial charge in [0.15, 0.2) is 0 Å². The van der Waals surface area contributed by atoms with Gasteiger partial charge in [-0.3, -0.25) is 19.5 Å². The second kappa shape index (κ2) is 8.65. The number of carbonyl (C=O) groups is 2. The summed E-state index contributed by atoms with van der Waals surface area (Å²) in [6.07, 6.45) is 3.16. The molecule has 7 heteroatoms. The number of fused-ring (bicyclic) bond motifs is 1. The number of anilines is 1. The Morgan fingerprint density at radius 3 is 2.50 bits per heavy atom. The van der Waals surface area contributed by atoms with Gasteiger partial charge in [0.1, 0.15) is 11.5 Å². The maximum Gasteiger partial charge on any atom is 0.300 e. The summed E-state index contributed by atoms with van der Waals surface area (Å²) >= 11 is 6.37. The van der Waals surface area contributed by atoms with Crippen LogP contribution in [0.5, 0.6) is 5.75 Å². The Morgan fingerprint density at radius 2 is 1.74 bits per heavy atom. The van der Waals surface area contributed by atoms with Crippen molar-refractivity contribution in [1.82, 2.24) is 4.98 Å². The molecule has 1 unspecified atom stereocenters. The van der Waals surface area contributed by atoms with Crippen LogP contribution < -0.4 is 9.64 Å². The fraction of sp³-hybridized carbons (Fsp3) is 0.0741. The third kappa shape index (κ3) is 3.49. The molecule has 5 rings (SSSR count). The highest BCUT2D eigenvalue weighted by atomic mass is 35.5. The Morgan fingerprint density at radius 1 is 1.00 bits per heavy atom. The van der Waals surface area contributed by atoms with Gasteiger partial charge in [0.2, 0.25) is 0 Å². The molecule has 1 N–H and O–H groups in total. The Labute approximate surface area is 200 Å². The molecule has 1 atom stereocenters. The number of hydrogen-bond donors (Lipinski definition) is 1. The minimum Gasteiger partial charge on any atom is -0.507 e. The highest BCUT2D eigenvalue weighted by Gasteiger charge is 2.47. The molecule has 1 aromatic heterocycles. The van der Waals surface area contributed by atoms with Crippen LogP contribution in [0.15, 0.2) is 90.8 Å². The van der Waals surface area contributed by atoms with E-state index in [1.807, 2.05) is 36.4 Å². The molecule has 1 amide bonds. The average Bonchev–Trinajstić information content (AvgIpc) is 3.14. The monoisotopic (exact) mass is 470 g/mol. The van der Waals surface area contributed by atoms with Gasteiger partial charge in [-0.1, -0.05) is 48.0 Å². The van der Waals surface area contributed by atoms with Crippen LogP contribution in [-0.2, 0) is 9.59 Å². The van der Waals surface area contributed by atoms with Crippen molar-refractivity contribution in [3.8, 4) is 5.75 Å². The van der Waals surface area contributed by atoms with Gasteiger partial charge in [0, 0.05) is 23.3 Å². The van der Waals surface area contributed by atoms with E-state index >= 15 is 0 Å². The lowest BCUT2D eigenvalue weighted by Gasteiger charge is -2.26. The zero-order chi connectivity index (χ0) is 23.8. The summed E-state index contributed by atoms with van der Waals surface area (Å²) in [5, 5.41) is 13.3. The second-order valence-corrected chi connectivity index (χ2v) is 8.20. The Balaban J connectivity index is 1.79. The van der Waals surface area contributed by atoms with E-state index in [9.17, 15) is 14.7 Å². The first-order chi connectivity index (χ1) is 16.5. The van der Waals surface area contributed by atoms with Crippen molar-refractivity contribution in [1.29, 1.82) is 0 Å². The van der Waals surface area contributed by atoms with E-state index in [1.54, 1.807) is 42.7 Å². The van der Waals surface area contributed by atoms with Gasteiger partial charge in [-0.15, -0.1) is 0 Å². The molecule has 0 saturated carbocycles. The highest BCUT2D eigenvalue weighted by molar-refractivity contribution is 6.52. The molecule has 1 aliphatic heterocycles. The van der Waals surface area contributed by atoms with Crippen molar-refractivity contribution in [2.45, 2.75) is 6.04 Å². The first kappa shape index (κ1) is 21.7. The number of methoxy groups -OCH3 is 1. The second-order valence-electron chi connectivity index (χ2n) is 7.79. The van der Waals surface area contributed by atoms with Gasteiger partial charge in [-0.25, -0.2) is 0 Å². The maximum atomic E-state index is 13.4. The van der Waals surface area contributed by atoms with Crippen molar-refractivity contribution in [3.05, 3.63) is 107 Å².